The molecule has 0 aromatic carbocycles. The molecule has 0 unspecified atom stereocenters. The molecule has 7 aliphatic rings. The van der Waals surface area contributed by atoms with Crippen molar-refractivity contribution in [1.82, 2.24) is 0 Å². The third-order valence-corrected chi connectivity index (χ3v) is 7.00. The summed E-state index contributed by atoms with van der Waals surface area (Å²) in [7, 11) is 0. The number of hydrogen-bond donors (Lipinski definition) is 2. The molecule has 7 rings (SSSR count). The number of aliphatic hydroxyl groups excluding tert-OH is 2. The quantitative estimate of drug-likeness (QED) is 0.502. The van der Waals surface area contributed by atoms with E-state index in [-0.39, 0.29) is 12.2 Å². The highest BCUT2D eigenvalue weighted by Crippen LogP contribution is 3.15. The summed E-state index contributed by atoms with van der Waals surface area (Å²) in [6.45, 7) is 0. The molecule has 2 nitrogen and oxygen atoms in total. The topological polar surface area (TPSA) is 40.5 Å². The van der Waals surface area contributed by atoms with Crippen LogP contribution in [0.15, 0.2) is 0 Å². The maximum atomic E-state index is 9.95. The first-order valence-electron chi connectivity index (χ1n) is 5.17. The number of aliphatic hydroxyl groups is 2. The first-order chi connectivity index (χ1) is 5.80. The second-order valence-electron chi connectivity index (χ2n) is 6.02. The Morgan fingerprint density at radius 1 is 0.750 bits per heavy atom. The van der Waals surface area contributed by atoms with E-state index in [1.165, 1.54) is 0 Å². The third-order valence-electron chi connectivity index (χ3n) is 7.00. The van der Waals surface area contributed by atoms with Crippen molar-refractivity contribution in [2.24, 2.45) is 46.3 Å². The van der Waals surface area contributed by atoms with E-state index < -0.39 is 0 Å². The highest BCUT2D eigenvalue weighted by Gasteiger charge is 3.17. The Labute approximate surface area is 69.6 Å². The van der Waals surface area contributed by atoms with E-state index in [0.29, 0.717) is 22.7 Å². The minimum Gasteiger partial charge on any atom is -0.392 e. The Morgan fingerprint density at radius 3 is 1.92 bits per heavy atom. The average Bonchev–Trinajstić information content (AvgIpc) is 2.45. The Morgan fingerprint density at radius 2 is 1.33 bits per heavy atom. The summed E-state index contributed by atoms with van der Waals surface area (Å²) in [5.74, 6) is 4.51. The van der Waals surface area contributed by atoms with Crippen LogP contribution in [0.4, 0.5) is 0 Å². The summed E-state index contributed by atoms with van der Waals surface area (Å²) in [5, 5.41) is 19.9. The monoisotopic (exact) mass is 162 g/mol. The van der Waals surface area contributed by atoms with Crippen molar-refractivity contribution in [2.45, 2.75) is 12.2 Å². The molecule has 7 fully saturated rings. The van der Waals surface area contributed by atoms with Crippen molar-refractivity contribution < 1.29 is 10.2 Å². The van der Waals surface area contributed by atoms with Crippen molar-refractivity contribution in [2.75, 3.05) is 0 Å². The van der Waals surface area contributed by atoms with E-state index in [1.807, 2.05) is 0 Å². The van der Waals surface area contributed by atoms with E-state index in [4.69, 9.17) is 0 Å². The molecule has 10 atom stereocenters. The Balaban J connectivity index is 1.80. The molecule has 2 spiro atoms. The lowest BCUT2D eigenvalue weighted by Gasteiger charge is -2.82. The summed E-state index contributed by atoms with van der Waals surface area (Å²) in [6, 6.07) is 0. The van der Waals surface area contributed by atoms with Crippen molar-refractivity contribution in [3.05, 3.63) is 0 Å². The zero-order valence-electron chi connectivity index (χ0n) is 6.51. The molecule has 0 aromatic heterocycles. The molecule has 0 heterocycles. The summed E-state index contributed by atoms with van der Waals surface area (Å²) < 4.78 is 0. The van der Waals surface area contributed by atoms with Gasteiger partial charge in [0.25, 0.3) is 0 Å². The van der Waals surface area contributed by atoms with Gasteiger partial charge in [-0.15, -0.1) is 0 Å². The van der Waals surface area contributed by atoms with Gasteiger partial charge >= 0.3 is 0 Å². The molecule has 2 N–H and O–H groups in total. The third kappa shape index (κ3) is 0.141. The van der Waals surface area contributed by atoms with Crippen molar-refractivity contribution in [3.8, 4) is 0 Å². The largest absolute Gasteiger partial charge is 0.392 e. The van der Waals surface area contributed by atoms with Crippen molar-refractivity contribution in [3.63, 3.8) is 0 Å². The maximum Gasteiger partial charge on any atom is 0.0678 e. The van der Waals surface area contributed by atoms with E-state index in [1.54, 1.807) is 0 Å². The smallest absolute Gasteiger partial charge is 0.0678 e. The van der Waals surface area contributed by atoms with Crippen molar-refractivity contribution >= 4 is 0 Å². The Bertz CT molecular complexity index is 372. The highest BCUT2D eigenvalue weighted by atomic mass is 16.3. The average molecular weight is 162 g/mol. The van der Waals surface area contributed by atoms with Crippen LogP contribution in [0.5, 0.6) is 0 Å². The molecule has 2 heteroatoms. The molecule has 7 aliphatic carbocycles. The lowest BCUT2D eigenvalue weighted by atomic mass is 9.20. The van der Waals surface area contributed by atoms with Gasteiger partial charge in [0.15, 0.2) is 0 Å². The predicted octanol–water partition coefficient (Wildman–Crippen LogP) is -0.540. The van der Waals surface area contributed by atoms with Gasteiger partial charge in [0, 0.05) is 10.8 Å². The summed E-state index contributed by atoms with van der Waals surface area (Å²) in [6.07, 6.45) is 0.0161. The van der Waals surface area contributed by atoms with Crippen LogP contribution in [0, 0.1) is 46.3 Å². The zero-order valence-corrected chi connectivity index (χ0v) is 6.51. The normalized spacial score (nSPS) is 104. The molecule has 0 aliphatic heterocycles. The molecule has 62 valence electrons. The zero-order chi connectivity index (χ0) is 7.62. The van der Waals surface area contributed by atoms with E-state index >= 15 is 0 Å². The molecule has 0 amide bonds. The van der Waals surface area contributed by atoms with Gasteiger partial charge in [-0.25, -0.2) is 0 Å². The van der Waals surface area contributed by atoms with Gasteiger partial charge in [-0.3, -0.25) is 0 Å². The van der Waals surface area contributed by atoms with E-state index in [2.05, 4.69) is 0 Å². The summed E-state index contributed by atoms with van der Waals surface area (Å²) >= 11 is 0. The van der Waals surface area contributed by atoms with Crippen LogP contribution < -0.4 is 0 Å². The molecule has 0 radical (unpaired) electrons. The number of hydrogen-bond acceptors (Lipinski definition) is 2. The fourth-order valence-corrected chi connectivity index (χ4v) is 7.40. The van der Waals surface area contributed by atoms with Gasteiger partial charge in [0.1, 0.15) is 0 Å². The molecule has 0 aromatic rings. The minimum atomic E-state index is -0.00553. The van der Waals surface area contributed by atoms with Crippen LogP contribution in [0.3, 0.4) is 0 Å². The lowest BCUT2D eigenvalue weighted by molar-refractivity contribution is -0.380. The number of rotatable bonds is 0. The van der Waals surface area contributed by atoms with Gasteiger partial charge in [-0.05, 0) is 35.5 Å². The lowest BCUT2D eigenvalue weighted by Crippen LogP contribution is -2.81. The molecule has 12 heavy (non-hydrogen) atoms. The second-order valence-corrected chi connectivity index (χ2v) is 6.02. The van der Waals surface area contributed by atoms with Gasteiger partial charge in [-0.1, -0.05) is 0 Å². The maximum absolute atomic E-state index is 9.95. The standard InChI is InChI=1S/C10H10O2/c11-7-2-1-3-5(2)10-6(7)4(1)9(3,10)8(10)12/h1-8,11-12H/t1-,2-,3+,4+,5-,6+,7+,8+,9+,10-/m0/s1. The molecular formula is C10H10O2. The van der Waals surface area contributed by atoms with Crippen LogP contribution in [0.1, 0.15) is 0 Å². The fourth-order valence-electron chi connectivity index (χ4n) is 7.40. The first kappa shape index (κ1) is 4.97. The second kappa shape index (κ2) is 0.833. The fraction of sp³-hybridized carbons (Fsp3) is 1.00. The van der Waals surface area contributed by atoms with Crippen LogP contribution in [0.2, 0.25) is 0 Å². The first-order valence-corrected chi connectivity index (χ1v) is 5.17. The Kier molecular flexibility index (Phi) is 0.345. The minimum absolute atomic E-state index is 0.00553. The van der Waals surface area contributed by atoms with Gasteiger partial charge < -0.3 is 10.2 Å². The van der Waals surface area contributed by atoms with Gasteiger partial charge in [0.2, 0.25) is 0 Å². The van der Waals surface area contributed by atoms with Crippen molar-refractivity contribution in [1.29, 1.82) is 0 Å². The van der Waals surface area contributed by atoms with Crippen LogP contribution in [-0.2, 0) is 0 Å². The van der Waals surface area contributed by atoms with Gasteiger partial charge in [-0.2, -0.15) is 0 Å². The highest BCUT2D eigenvalue weighted by molar-refractivity contribution is 5.63. The van der Waals surface area contributed by atoms with Crippen LogP contribution in [0.25, 0.3) is 0 Å². The van der Waals surface area contributed by atoms with E-state index in [0.717, 1.165) is 23.7 Å². The molecule has 0 saturated heterocycles. The Hall–Kier alpha value is -0.0800. The predicted molar refractivity (Wildman–Crippen MR) is 37.8 cm³/mol. The molecule has 7 saturated carbocycles. The van der Waals surface area contributed by atoms with Gasteiger partial charge in [0.05, 0.1) is 12.2 Å². The van der Waals surface area contributed by atoms with Crippen LogP contribution >= 0.6 is 0 Å². The summed E-state index contributed by atoms with van der Waals surface area (Å²) in [4.78, 5) is 0. The molecular weight excluding hydrogens is 152 g/mol. The van der Waals surface area contributed by atoms with E-state index in [9.17, 15) is 10.2 Å². The summed E-state index contributed by atoms with van der Waals surface area (Å²) in [5.41, 5.74) is 0.752. The SMILES string of the molecule is O[C@@H]1[C@H]2[C@@H]3[C@@H]4[C@H]1[C@]15[C@@H]2[C@@H]3[C@]41[C@H]5O. The van der Waals surface area contributed by atoms with Crippen LogP contribution in [-0.4, -0.2) is 22.4 Å². The molecule has 2 bridgehead atoms.